The number of unbranched alkanes of at least 4 members (excludes halogenated alkanes) is 2. The molecular formula is C8H20AlNaO2. The summed E-state index contributed by atoms with van der Waals surface area (Å²) in [6, 6.07) is 0. The van der Waals surface area contributed by atoms with Gasteiger partial charge in [0.2, 0.25) is 0 Å². The van der Waals surface area contributed by atoms with Crippen molar-refractivity contribution in [1.82, 2.24) is 0 Å². The number of hydrogen-bond acceptors (Lipinski definition) is 2. The number of hydrogen-bond donors (Lipinski definition) is 0. The minimum Gasteiger partial charge on any atom is -1.00 e. The Morgan fingerprint density at radius 2 is 1.42 bits per heavy atom. The van der Waals surface area contributed by atoms with Crippen LogP contribution in [0, 0.1) is 0 Å². The van der Waals surface area contributed by atoms with Crippen molar-refractivity contribution in [3.63, 3.8) is 0 Å². The van der Waals surface area contributed by atoms with Gasteiger partial charge in [0.15, 0.2) is 0 Å². The first-order chi connectivity index (χ1) is 5.41. The average Bonchev–Trinajstić information content (AvgIpc) is 2.03. The molecule has 0 aromatic rings. The summed E-state index contributed by atoms with van der Waals surface area (Å²) >= 11 is -0.189. The minimum absolute atomic E-state index is 0. The Hall–Kier alpha value is 1.45. The van der Waals surface area contributed by atoms with Gasteiger partial charge in [-0.15, -0.1) is 0 Å². The van der Waals surface area contributed by atoms with E-state index in [1.165, 1.54) is 12.8 Å². The van der Waals surface area contributed by atoms with Crippen LogP contribution >= 0.6 is 0 Å². The van der Waals surface area contributed by atoms with E-state index in [1.54, 1.807) is 0 Å². The van der Waals surface area contributed by atoms with Gasteiger partial charge in [-0.2, -0.15) is 0 Å². The van der Waals surface area contributed by atoms with Gasteiger partial charge in [0.05, 0.1) is 0 Å². The van der Waals surface area contributed by atoms with Gasteiger partial charge < -0.3 is 2.85 Å². The van der Waals surface area contributed by atoms with Crippen LogP contribution in [0.1, 0.15) is 42.4 Å². The van der Waals surface area contributed by atoms with E-state index in [-0.39, 0.29) is 48.3 Å². The maximum atomic E-state index is 5.28. The third kappa shape index (κ3) is 14.0. The maximum Gasteiger partial charge on any atom is 1.00 e. The molecule has 0 radical (unpaired) electrons. The molecule has 0 rings (SSSR count). The number of rotatable bonds is 8. The van der Waals surface area contributed by atoms with Gasteiger partial charge in [-0.3, -0.25) is 0 Å². The predicted octanol–water partition coefficient (Wildman–Crippen LogP) is -0.617. The van der Waals surface area contributed by atoms with Crippen molar-refractivity contribution in [3.8, 4) is 0 Å². The van der Waals surface area contributed by atoms with E-state index in [2.05, 4.69) is 13.8 Å². The van der Waals surface area contributed by atoms with Gasteiger partial charge >= 0.3 is 106 Å². The molecule has 0 spiro atoms. The monoisotopic (exact) mass is 198 g/mol. The van der Waals surface area contributed by atoms with Crippen LogP contribution in [-0.2, 0) is 7.58 Å². The quantitative estimate of drug-likeness (QED) is 0.382. The summed E-state index contributed by atoms with van der Waals surface area (Å²) in [5.74, 6) is 0. The van der Waals surface area contributed by atoms with E-state index in [4.69, 9.17) is 7.58 Å². The molecule has 0 saturated heterocycles. The molecule has 0 heterocycles. The third-order valence-corrected chi connectivity index (χ3v) is 2.11. The molecule has 0 unspecified atom stereocenters. The Labute approximate surface area is 108 Å². The molecule has 0 fully saturated rings. The van der Waals surface area contributed by atoms with Crippen LogP contribution in [0.4, 0.5) is 0 Å². The zero-order chi connectivity index (χ0) is 8.36. The van der Waals surface area contributed by atoms with E-state index >= 15 is 0 Å². The molecule has 12 heavy (non-hydrogen) atoms. The van der Waals surface area contributed by atoms with E-state index in [1.807, 2.05) is 0 Å². The molecule has 0 atom stereocenters. The predicted molar refractivity (Wildman–Crippen MR) is 49.7 cm³/mol. The molecule has 0 aliphatic heterocycles. The third-order valence-electron chi connectivity index (χ3n) is 1.37. The molecule has 4 heteroatoms. The van der Waals surface area contributed by atoms with Crippen molar-refractivity contribution < 1.29 is 40.0 Å². The fraction of sp³-hybridized carbons (Fsp3) is 1.00. The first kappa shape index (κ1) is 15.9. The van der Waals surface area contributed by atoms with Gasteiger partial charge in [0.1, 0.15) is 0 Å². The summed E-state index contributed by atoms with van der Waals surface area (Å²) in [4.78, 5) is 0. The Balaban J connectivity index is -0.000000167. The largest absolute Gasteiger partial charge is 1.00 e. The van der Waals surface area contributed by atoms with Gasteiger partial charge in [-0.1, -0.05) is 0 Å². The van der Waals surface area contributed by atoms with Crippen LogP contribution in [0.15, 0.2) is 0 Å². The summed E-state index contributed by atoms with van der Waals surface area (Å²) < 4.78 is 10.6. The van der Waals surface area contributed by atoms with Crippen LogP contribution in [-0.4, -0.2) is 29.1 Å². The Kier molecular flexibility index (Phi) is 19.8. The fourth-order valence-corrected chi connectivity index (χ4v) is 1.22. The summed E-state index contributed by atoms with van der Waals surface area (Å²) in [5, 5.41) is 0. The van der Waals surface area contributed by atoms with Crippen molar-refractivity contribution in [2.75, 3.05) is 13.2 Å². The first-order valence-corrected chi connectivity index (χ1v) is 5.41. The topological polar surface area (TPSA) is 18.5 Å². The Morgan fingerprint density at radius 3 is 1.75 bits per heavy atom. The molecule has 68 valence electrons. The van der Waals surface area contributed by atoms with Crippen molar-refractivity contribution >= 4 is 15.9 Å². The summed E-state index contributed by atoms with van der Waals surface area (Å²) in [5.41, 5.74) is 0. The average molecular weight is 198 g/mol. The normalized spacial score (nSPS) is 8.83. The molecule has 0 saturated carbocycles. The minimum atomic E-state index is -0.189. The molecule has 2 nitrogen and oxygen atoms in total. The van der Waals surface area contributed by atoms with E-state index < -0.39 is 0 Å². The van der Waals surface area contributed by atoms with Gasteiger partial charge in [0.25, 0.3) is 0 Å². The molecule has 0 aliphatic rings. The fourth-order valence-electron chi connectivity index (χ4n) is 0.600. The van der Waals surface area contributed by atoms with Crippen LogP contribution in [0.2, 0.25) is 0 Å². The smallest absolute Gasteiger partial charge is 1.00 e. The van der Waals surface area contributed by atoms with E-state index in [0.29, 0.717) is 0 Å². The van der Waals surface area contributed by atoms with Crippen LogP contribution in [0.3, 0.4) is 0 Å². The molecule has 0 aliphatic carbocycles. The van der Waals surface area contributed by atoms with E-state index in [0.717, 1.165) is 26.1 Å². The summed E-state index contributed by atoms with van der Waals surface area (Å²) in [6.45, 7) is 6.07. The van der Waals surface area contributed by atoms with Gasteiger partial charge in [0, 0.05) is 0 Å². The van der Waals surface area contributed by atoms with Crippen molar-refractivity contribution in [2.24, 2.45) is 0 Å². The van der Waals surface area contributed by atoms with Crippen molar-refractivity contribution in [3.05, 3.63) is 0 Å². The SMILES string of the molecule is CCCC[O][Al+][O]CCCC.[H-].[H-].[Na+]. The molecule has 0 bridgehead atoms. The maximum absolute atomic E-state index is 5.28. The Morgan fingerprint density at radius 1 is 1.00 bits per heavy atom. The first-order valence-electron chi connectivity index (χ1n) is 4.46. The van der Waals surface area contributed by atoms with Crippen molar-refractivity contribution in [2.45, 2.75) is 39.5 Å². The standard InChI is InChI=1S/2C4H9O.Al.Na.2H/c2*1-2-3-4-5;;;;/h2*2-4H2,1H3;;;;/q2*-1;+3;+1;2*-1. The Bertz CT molecular complexity index is 74.4. The second-order valence-corrected chi connectivity index (χ2v) is 3.40. The van der Waals surface area contributed by atoms with Crippen LogP contribution in [0.5, 0.6) is 0 Å². The van der Waals surface area contributed by atoms with Gasteiger partial charge in [-0.25, -0.2) is 0 Å². The molecule has 0 N–H and O–H groups in total. The zero-order valence-corrected chi connectivity index (χ0v) is 11.8. The van der Waals surface area contributed by atoms with E-state index in [9.17, 15) is 0 Å². The van der Waals surface area contributed by atoms with Gasteiger partial charge in [-0.05, 0) is 0 Å². The summed E-state index contributed by atoms with van der Waals surface area (Å²) in [7, 11) is 0. The van der Waals surface area contributed by atoms with Crippen LogP contribution in [0.25, 0.3) is 0 Å². The van der Waals surface area contributed by atoms with Crippen LogP contribution < -0.4 is 29.6 Å². The molecule has 0 amide bonds. The second kappa shape index (κ2) is 14.9. The molecule has 0 aromatic carbocycles. The summed E-state index contributed by atoms with van der Waals surface area (Å²) in [6.07, 6.45) is 4.72. The zero-order valence-electron chi connectivity index (χ0n) is 10.6. The second-order valence-electron chi connectivity index (χ2n) is 2.54. The molecular weight excluding hydrogens is 178 g/mol. The molecule has 0 aromatic heterocycles. The van der Waals surface area contributed by atoms with Crippen molar-refractivity contribution in [1.29, 1.82) is 0 Å².